The maximum absolute atomic E-state index is 13.2. The summed E-state index contributed by atoms with van der Waals surface area (Å²) in [6.45, 7) is 7.48. The van der Waals surface area contributed by atoms with Crippen molar-refractivity contribution in [2.45, 2.75) is 33.0 Å². The molecule has 0 spiro atoms. The molecule has 2 heterocycles. The molecule has 1 atom stereocenters. The second kappa shape index (κ2) is 7.04. The SMILES string of the molecule is CCOC(=O)c1sc(N2CCNC[C@H]2C(C)C)nc1C(F)(F)F. The van der Waals surface area contributed by atoms with Crippen molar-refractivity contribution < 1.29 is 22.7 Å². The molecule has 9 heteroatoms. The standard InChI is InChI=1S/C14H20F3N3O2S/c1-4-22-12(21)10-11(14(15,16)17)19-13(23-10)20-6-5-18-7-9(20)8(2)3/h8-9,18H,4-7H2,1-3H3/t9-/m0/s1. The summed E-state index contributed by atoms with van der Waals surface area (Å²) >= 11 is 0.755. The minimum absolute atomic E-state index is 0.0195. The summed E-state index contributed by atoms with van der Waals surface area (Å²) in [4.78, 5) is 16.9. The average molecular weight is 351 g/mol. The van der Waals surface area contributed by atoms with Gasteiger partial charge in [0.25, 0.3) is 0 Å². The highest BCUT2D eigenvalue weighted by Crippen LogP contribution is 2.38. The number of carbonyl (C=O) groups excluding carboxylic acids is 1. The van der Waals surface area contributed by atoms with E-state index in [1.165, 1.54) is 0 Å². The molecule has 1 saturated heterocycles. The molecule has 0 amide bonds. The molecule has 0 radical (unpaired) electrons. The van der Waals surface area contributed by atoms with Crippen LogP contribution in [0.15, 0.2) is 0 Å². The Labute approximate surface area is 136 Å². The van der Waals surface area contributed by atoms with Crippen LogP contribution in [0.4, 0.5) is 18.3 Å². The van der Waals surface area contributed by atoms with Gasteiger partial charge in [0, 0.05) is 25.7 Å². The molecule has 0 saturated carbocycles. The number of esters is 1. The van der Waals surface area contributed by atoms with Crippen LogP contribution in [0.25, 0.3) is 0 Å². The molecular formula is C14H20F3N3O2S. The van der Waals surface area contributed by atoms with E-state index in [4.69, 9.17) is 4.74 Å². The summed E-state index contributed by atoms with van der Waals surface area (Å²) in [5.41, 5.74) is -1.16. The third-order valence-corrected chi connectivity index (χ3v) is 4.72. The third-order valence-electron chi connectivity index (χ3n) is 3.64. The summed E-state index contributed by atoms with van der Waals surface area (Å²) in [7, 11) is 0. The van der Waals surface area contributed by atoms with Gasteiger partial charge < -0.3 is 15.0 Å². The predicted octanol–water partition coefficient (Wildman–Crippen LogP) is 2.77. The van der Waals surface area contributed by atoms with E-state index in [-0.39, 0.29) is 23.7 Å². The number of ether oxygens (including phenoxy) is 1. The van der Waals surface area contributed by atoms with E-state index < -0.39 is 22.7 Å². The summed E-state index contributed by atoms with van der Waals surface area (Å²) in [5, 5.41) is 3.45. The number of aromatic nitrogens is 1. The van der Waals surface area contributed by atoms with E-state index in [1.807, 2.05) is 18.7 Å². The van der Waals surface area contributed by atoms with Gasteiger partial charge in [-0.05, 0) is 12.8 Å². The fraction of sp³-hybridized carbons (Fsp3) is 0.714. The van der Waals surface area contributed by atoms with E-state index in [1.54, 1.807) is 6.92 Å². The quantitative estimate of drug-likeness (QED) is 0.846. The number of hydrogen-bond acceptors (Lipinski definition) is 6. The maximum atomic E-state index is 13.2. The van der Waals surface area contributed by atoms with Crippen LogP contribution >= 0.6 is 11.3 Å². The van der Waals surface area contributed by atoms with Gasteiger partial charge in [-0.2, -0.15) is 13.2 Å². The Kier molecular flexibility index (Phi) is 5.51. The Morgan fingerprint density at radius 3 is 2.78 bits per heavy atom. The fourth-order valence-corrected chi connectivity index (χ4v) is 3.58. The van der Waals surface area contributed by atoms with E-state index in [0.29, 0.717) is 19.6 Å². The number of rotatable bonds is 4. The van der Waals surface area contributed by atoms with Gasteiger partial charge in [0.2, 0.25) is 0 Å². The Bertz CT molecular complexity index is 560. The van der Waals surface area contributed by atoms with Crippen molar-refractivity contribution in [2.75, 3.05) is 31.1 Å². The first-order valence-electron chi connectivity index (χ1n) is 7.48. The molecule has 2 rings (SSSR count). The van der Waals surface area contributed by atoms with Crippen molar-refractivity contribution in [3.63, 3.8) is 0 Å². The van der Waals surface area contributed by atoms with Crippen molar-refractivity contribution in [3.8, 4) is 0 Å². The normalized spacial score (nSPS) is 19.3. The number of alkyl halides is 3. The summed E-state index contributed by atoms with van der Waals surface area (Å²) in [6.07, 6.45) is -4.68. The molecule has 1 aliphatic rings. The van der Waals surface area contributed by atoms with Crippen LogP contribution in [-0.2, 0) is 10.9 Å². The maximum Gasteiger partial charge on any atom is 0.435 e. The number of nitrogens with one attached hydrogen (secondary N) is 1. The number of nitrogens with zero attached hydrogens (tertiary/aromatic N) is 2. The van der Waals surface area contributed by atoms with Crippen LogP contribution in [-0.4, -0.2) is 43.2 Å². The Balaban J connectivity index is 2.41. The molecule has 0 unspecified atom stereocenters. The number of halogens is 3. The lowest BCUT2D eigenvalue weighted by Crippen LogP contribution is -2.53. The summed E-state index contributed by atoms with van der Waals surface area (Å²) < 4.78 is 44.3. The van der Waals surface area contributed by atoms with Crippen molar-refractivity contribution in [1.82, 2.24) is 10.3 Å². The molecule has 1 N–H and O–H groups in total. The highest BCUT2D eigenvalue weighted by Gasteiger charge is 2.41. The Morgan fingerprint density at radius 2 is 2.22 bits per heavy atom. The van der Waals surface area contributed by atoms with Crippen LogP contribution < -0.4 is 10.2 Å². The van der Waals surface area contributed by atoms with E-state index in [2.05, 4.69) is 10.3 Å². The second-order valence-electron chi connectivity index (χ2n) is 5.60. The fourth-order valence-electron chi connectivity index (χ4n) is 2.52. The molecular weight excluding hydrogens is 331 g/mol. The average Bonchev–Trinajstić information content (AvgIpc) is 2.92. The predicted molar refractivity (Wildman–Crippen MR) is 81.9 cm³/mol. The van der Waals surface area contributed by atoms with Gasteiger partial charge in [-0.3, -0.25) is 0 Å². The molecule has 130 valence electrons. The van der Waals surface area contributed by atoms with Gasteiger partial charge in [0.15, 0.2) is 10.8 Å². The molecule has 1 aromatic rings. The van der Waals surface area contributed by atoms with Gasteiger partial charge in [-0.25, -0.2) is 9.78 Å². The molecule has 1 aliphatic heterocycles. The first-order valence-corrected chi connectivity index (χ1v) is 8.29. The Hall–Kier alpha value is -1.35. The van der Waals surface area contributed by atoms with Gasteiger partial charge >= 0.3 is 12.1 Å². The molecule has 1 aromatic heterocycles. The topological polar surface area (TPSA) is 54.5 Å². The molecule has 0 bridgehead atoms. The monoisotopic (exact) mass is 351 g/mol. The van der Waals surface area contributed by atoms with Crippen LogP contribution in [0, 0.1) is 5.92 Å². The lowest BCUT2D eigenvalue weighted by atomic mass is 10.0. The number of anilines is 1. The van der Waals surface area contributed by atoms with E-state index >= 15 is 0 Å². The lowest BCUT2D eigenvalue weighted by Gasteiger charge is -2.38. The van der Waals surface area contributed by atoms with Gasteiger partial charge in [0.05, 0.1) is 6.61 Å². The number of piperazine rings is 1. The molecule has 0 aliphatic carbocycles. The summed E-state index contributed by atoms with van der Waals surface area (Å²) in [6, 6.07) is 0.0334. The van der Waals surface area contributed by atoms with E-state index in [9.17, 15) is 18.0 Å². The number of hydrogen-bond donors (Lipinski definition) is 1. The zero-order valence-corrected chi connectivity index (χ0v) is 14.1. The second-order valence-corrected chi connectivity index (χ2v) is 6.58. The molecule has 5 nitrogen and oxygen atoms in total. The smallest absolute Gasteiger partial charge is 0.435 e. The van der Waals surface area contributed by atoms with Gasteiger partial charge in [-0.15, -0.1) is 0 Å². The van der Waals surface area contributed by atoms with Crippen molar-refractivity contribution in [1.29, 1.82) is 0 Å². The largest absolute Gasteiger partial charge is 0.462 e. The lowest BCUT2D eigenvalue weighted by molar-refractivity contribution is -0.141. The van der Waals surface area contributed by atoms with Crippen molar-refractivity contribution in [3.05, 3.63) is 10.6 Å². The molecule has 1 fully saturated rings. The van der Waals surface area contributed by atoms with Crippen LogP contribution in [0.5, 0.6) is 0 Å². The Morgan fingerprint density at radius 1 is 1.52 bits per heavy atom. The van der Waals surface area contributed by atoms with Crippen molar-refractivity contribution in [2.24, 2.45) is 5.92 Å². The minimum atomic E-state index is -4.68. The van der Waals surface area contributed by atoms with Gasteiger partial charge in [-0.1, -0.05) is 25.2 Å². The van der Waals surface area contributed by atoms with Crippen LogP contribution in [0.1, 0.15) is 36.1 Å². The minimum Gasteiger partial charge on any atom is -0.462 e. The highest BCUT2D eigenvalue weighted by atomic mass is 32.1. The highest BCUT2D eigenvalue weighted by molar-refractivity contribution is 7.17. The van der Waals surface area contributed by atoms with Crippen LogP contribution in [0.2, 0.25) is 0 Å². The van der Waals surface area contributed by atoms with E-state index in [0.717, 1.165) is 11.3 Å². The van der Waals surface area contributed by atoms with Gasteiger partial charge in [0.1, 0.15) is 4.88 Å². The zero-order chi connectivity index (χ0) is 17.2. The number of thiazole rings is 1. The third kappa shape index (κ3) is 3.95. The zero-order valence-electron chi connectivity index (χ0n) is 13.2. The summed E-state index contributed by atoms with van der Waals surface area (Å²) in [5.74, 6) is -0.730. The first-order chi connectivity index (χ1) is 10.8. The first kappa shape index (κ1) is 18.0. The molecule has 0 aromatic carbocycles. The number of carbonyl (C=O) groups is 1. The van der Waals surface area contributed by atoms with Crippen molar-refractivity contribution >= 4 is 22.4 Å². The molecule has 23 heavy (non-hydrogen) atoms. The van der Waals surface area contributed by atoms with Crippen LogP contribution in [0.3, 0.4) is 0 Å².